The van der Waals surface area contributed by atoms with Crippen LogP contribution in [0.15, 0.2) is 18.2 Å². The number of anilines is 1. The molecule has 3 rings (SSSR count). The van der Waals surface area contributed by atoms with Crippen LogP contribution >= 0.6 is 0 Å². The Balaban J connectivity index is 1.81. The molecule has 1 heterocycles. The summed E-state index contributed by atoms with van der Waals surface area (Å²) in [5.74, 6) is 0.951. The minimum atomic E-state index is 0.681. The lowest BCUT2D eigenvalue weighted by molar-refractivity contribution is 0.319. The van der Waals surface area contributed by atoms with Gasteiger partial charge in [0.2, 0.25) is 0 Å². The fraction of sp³-hybridized carbons (Fsp3) is 0.571. The molecular formula is C14H20N2. The smallest absolute Gasteiger partial charge is 0.0402 e. The average molecular weight is 216 g/mol. The Hall–Kier alpha value is -1.02. The molecule has 2 heteroatoms. The van der Waals surface area contributed by atoms with Gasteiger partial charge in [-0.2, -0.15) is 0 Å². The summed E-state index contributed by atoms with van der Waals surface area (Å²) in [6.07, 6.45) is 5.49. The molecule has 2 N–H and O–H groups in total. The van der Waals surface area contributed by atoms with Crippen LogP contribution in [0.2, 0.25) is 0 Å². The maximum atomic E-state index is 5.79. The number of benzene rings is 1. The summed E-state index contributed by atoms with van der Waals surface area (Å²) >= 11 is 0. The van der Waals surface area contributed by atoms with Gasteiger partial charge in [-0.1, -0.05) is 18.6 Å². The number of rotatable bonds is 3. The Bertz CT molecular complexity index is 382. The SMILES string of the molecule is NCc1cccc2c1CCN2CC1CCC1. The van der Waals surface area contributed by atoms with Crippen molar-refractivity contribution in [2.45, 2.75) is 32.2 Å². The zero-order valence-corrected chi connectivity index (χ0v) is 9.78. The first kappa shape index (κ1) is 10.2. The predicted octanol–water partition coefficient (Wildman–Crippen LogP) is 2.31. The molecule has 0 amide bonds. The van der Waals surface area contributed by atoms with E-state index in [1.807, 2.05) is 0 Å². The lowest BCUT2D eigenvalue weighted by atomic mass is 9.85. The maximum absolute atomic E-state index is 5.79. The first-order valence-corrected chi connectivity index (χ1v) is 6.44. The van der Waals surface area contributed by atoms with Crippen LogP contribution in [0.1, 0.15) is 30.4 Å². The number of fused-ring (bicyclic) bond motifs is 1. The molecule has 1 saturated carbocycles. The molecule has 86 valence electrons. The van der Waals surface area contributed by atoms with E-state index in [1.54, 1.807) is 0 Å². The Morgan fingerprint density at radius 3 is 2.88 bits per heavy atom. The minimum absolute atomic E-state index is 0.681. The molecule has 1 aliphatic carbocycles. The molecule has 0 bridgehead atoms. The molecule has 2 aliphatic rings. The fourth-order valence-corrected chi connectivity index (χ4v) is 2.94. The van der Waals surface area contributed by atoms with Crippen LogP contribution in [0.3, 0.4) is 0 Å². The first-order valence-electron chi connectivity index (χ1n) is 6.44. The molecule has 0 radical (unpaired) electrons. The van der Waals surface area contributed by atoms with Gasteiger partial charge in [-0.15, -0.1) is 0 Å². The molecule has 0 atom stereocenters. The molecule has 1 aliphatic heterocycles. The second-order valence-electron chi connectivity index (χ2n) is 5.11. The van der Waals surface area contributed by atoms with E-state index >= 15 is 0 Å². The van der Waals surface area contributed by atoms with E-state index in [1.165, 1.54) is 55.6 Å². The van der Waals surface area contributed by atoms with Gasteiger partial charge in [0, 0.05) is 25.3 Å². The van der Waals surface area contributed by atoms with Crippen molar-refractivity contribution in [2.24, 2.45) is 11.7 Å². The standard InChI is InChI=1S/C14H20N2/c15-9-12-5-2-6-14-13(12)7-8-16(14)10-11-3-1-4-11/h2,5-6,11H,1,3-4,7-10,15H2. The topological polar surface area (TPSA) is 29.3 Å². The van der Waals surface area contributed by atoms with Gasteiger partial charge in [-0.05, 0) is 42.4 Å². The number of hydrogen-bond donors (Lipinski definition) is 1. The normalized spacial score (nSPS) is 19.7. The summed E-state index contributed by atoms with van der Waals surface area (Å²) in [6.45, 7) is 3.14. The molecular weight excluding hydrogens is 196 g/mol. The van der Waals surface area contributed by atoms with Crippen molar-refractivity contribution in [3.8, 4) is 0 Å². The minimum Gasteiger partial charge on any atom is -0.371 e. The predicted molar refractivity (Wildman–Crippen MR) is 67.6 cm³/mol. The van der Waals surface area contributed by atoms with E-state index in [-0.39, 0.29) is 0 Å². The molecule has 16 heavy (non-hydrogen) atoms. The lowest BCUT2D eigenvalue weighted by Crippen LogP contribution is -2.31. The summed E-state index contributed by atoms with van der Waals surface area (Å²) in [5.41, 5.74) is 10.1. The van der Waals surface area contributed by atoms with E-state index in [4.69, 9.17) is 5.73 Å². The van der Waals surface area contributed by atoms with Crippen LogP contribution in [0, 0.1) is 5.92 Å². The van der Waals surface area contributed by atoms with Crippen LogP contribution in [0.4, 0.5) is 5.69 Å². The fourth-order valence-electron chi connectivity index (χ4n) is 2.94. The van der Waals surface area contributed by atoms with Gasteiger partial charge in [-0.25, -0.2) is 0 Å². The van der Waals surface area contributed by atoms with E-state index in [0.29, 0.717) is 6.54 Å². The van der Waals surface area contributed by atoms with Gasteiger partial charge in [-0.3, -0.25) is 0 Å². The summed E-state index contributed by atoms with van der Waals surface area (Å²) < 4.78 is 0. The van der Waals surface area contributed by atoms with Crippen molar-refractivity contribution in [1.29, 1.82) is 0 Å². The highest BCUT2D eigenvalue weighted by molar-refractivity contribution is 5.60. The molecule has 1 aromatic rings. The monoisotopic (exact) mass is 216 g/mol. The largest absolute Gasteiger partial charge is 0.371 e. The summed E-state index contributed by atoms with van der Waals surface area (Å²) in [7, 11) is 0. The van der Waals surface area contributed by atoms with Crippen molar-refractivity contribution in [1.82, 2.24) is 0 Å². The highest BCUT2D eigenvalue weighted by Gasteiger charge is 2.26. The van der Waals surface area contributed by atoms with E-state index in [9.17, 15) is 0 Å². The number of nitrogens with zero attached hydrogens (tertiary/aromatic N) is 1. The molecule has 0 unspecified atom stereocenters. The summed E-state index contributed by atoms with van der Waals surface area (Å²) in [6, 6.07) is 6.59. The van der Waals surface area contributed by atoms with E-state index in [0.717, 1.165) is 5.92 Å². The van der Waals surface area contributed by atoms with E-state index in [2.05, 4.69) is 23.1 Å². The van der Waals surface area contributed by atoms with Crippen molar-refractivity contribution in [2.75, 3.05) is 18.0 Å². The van der Waals surface area contributed by atoms with Crippen LogP contribution in [0.5, 0.6) is 0 Å². The van der Waals surface area contributed by atoms with Crippen LogP contribution < -0.4 is 10.6 Å². The van der Waals surface area contributed by atoms with Gasteiger partial charge in [0.25, 0.3) is 0 Å². The highest BCUT2D eigenvalue weighted by atomic mass is 15.1. The molecule has 0 aromatic heterocycles. The number of nitrogens with two attached hydrogens (primary N) is 1. The second kappa shape index (κ2) is 4.10. The third-order valence-corrected chi connectivity index (χ3v) is 4.14. The molecule has 1 aromatic carbocycles. The van der Waals surface area contributed by atoms with Gasteiger partial charge in [0.05, 0.1) is 0 Å². The van der Waals surface area contributed by atoms with Crippen LogP contribution in [-0.2, 0) is 13.0 Å². The van der Waals surface area contributed by atoms with Crippen molar-refractivity contribution in [3.05, 3.63) is 29.3 Å². The third-order valence-electron chi connectivity index (χ3n) is 4.14. The van der Waals surface area contributed by atoms with Crippen molar-refractivity contribution >= 4 is 5.69 Å². The van der Waals surface area contributed by atoms with Gasteiger partial charge in [0.15, 0.2) is 0 Å². The Morgan fingerprint density at radius 2 is 2.19 bits per heavy atom. The Kier molecular flexibility index (Phi) is 2.60. The number of hydrogen-bond acceptors (Lipinski definition) is 2. The Labute approximate surface area is 97.4 Å². The van der Waals surface area contributed by atoms with E-state index < -0.39 is 0 Å². The lowest BCUT2D eigenvalue weighted by Gasteiger charge is -2.31. The van der Waals surface area contributed by atoms with Gasteiger partial charge in [0.1, 0.15) is 0 Å². The summed E-state index contributed by atoms with van der Waals surface area (Å²) in [4.78, 5) is 2.57. The van der Waals surface area contributed by atoms with Crippen molar-refractivity contribution < 1.29 is 0 Å². The molecule has 0 spiro atoms. The molecule has 1 fully saturated rings. The second-order valence-corrected chi connectivity index (χ2v) is 5.11. The van der Waals surface area contributed by atoms with Crippen molar-refractivity contribution in [3.63, 3.8) is 0 Å². The quantitative estimate of drug-likeness (QED) is 0.840. The zero-order valence-electron chi connectivity index (χ0n) is 9.78. The maximum Gasteiger partial charge on any atom is 0.0402 e. The molecule has 0 saturated heterocycles. The third kappa shape index (κ3) is 1.61. The van der Waals surface area contributed by atoms with Gasteiger partial charge >= 0.3 is 0 Å². The van der Waals surface area contributed by atoms with Crippen LogP contribution in [-0.4, -0.2) is 13.1 Å². The molecule has 2 nitrogen and oxygen atoms in total. The zero-order chi connectivity index (χ0) is 11.0. The summed E-state index contributed by atoms with van der Waals surface area (Å²) in [5, 5.41) is 0. The average Bonchev–Trinajstić information content (AvgIpc) is 2.66. The van der Waals surface area contributed by atoms with Gasteiger partial charge < -0.3 is 10.6 Å². The highest BCUT2D eigenvalue weighted by Crippen LogP contribution is 2.34. The first-order chi connectivity index (χ1) is 7.88. The van der Waals surface area contributed by atoms with Crippen LogP contribution in [0.25, 0.3) is 0 Å². The Morgan fingerprint density at radius 1 is 1.31 bits per heavy atom.